The molecule has 0 heterocycles. The second kappa shape index (κ2) is 7.32. The summed E-state index contributed by atoms with van der Waals surface area (Å²) in [7, 11) is 0. The first kappa shape index (κ1) is 15.6. The highest BCUT2D eigenvalue weighted by Gasteiger charge is 2.11. The van der Waals surface area contributed by atoms with Gasteiger partial charge in [-0.15, -0.1) is 0 Å². The molecule has 1 unspecified atom stereocenters. The van der Waals surface area contributed by atoms with Crippen molar-refractivity contribution in [3.05, 3.63) is 69.7 Å². The molecule has 0 aliphatic carbocycles. The summed E-state index contributed by atoms with van der Waals surface area (Å²) in [6, 6.07) is 11.7. The van der Waals surface area contributed by atoms with Crippen LogP contribution >= 0.6 is 31.9 Å². The predicted octanol–water partition coefficient (Wildman–Crippen LogP) is 5.52. The van der Waals surface area contributed by atoms with Gasteiger partial charge in [-0.3, -0.25) is 0 Å². The minimum absolute atomic E-state index is 0.216. The number of alkyl halides is 1. The fraction of sp³-hybridized carbons (Fsp3) is 0.250. The molecular weight excluding hydrogens is 390 g/mol. The van der Waals surface area contributed by atoms with Crippen molar-refractivity contribution in [1.82, 2.24) is 0 Å². The minimum Gasteiger partial charge on any atom is -0.207 e. The predicted molar refractivity (Wildman–Crippen MR) is 85.2 cm³/mol. The third-order valence-corrected chi connectivity index (χ3v) is 4.69. The van der Waals surface area contributed by atoms with E-state index in [9.17, 15) is 8.78 Å². The SMILES string of the molecule is Fc1ccc(CC(CBr)Cc2ccc(F)c(Br)c2)cc1. The minimum atomic E-state index is -0.248. The van der Waals surface area contributed by atoms with Gasteiger partial charge in [0, 0.05) is 5.33 Å². The van der Waals surface area contributed by atoms with Crippen LogP contribution in [0.5, 0.6) is 0 Å². The van der Waals surface area contributed by atoms with E-state index in [0.29, 0.717) is 10.4 Å². The third kappa shape index (κ3) is 4.38. The first-order valence-electron chi connectivity index (χ1n) is 6.33. The molecule has 4 heteroatoms. The summed E-state index contributed by atoms with van der Waals surface area (Å²) in [5, 5.41) is 0.847. The molecule has 2 rings (SSSR count). The van der Waals surface area contributed by atoms with E-state index in [1.165, 1.54) is 18.2 Å². The summed E-state index contributed by atoms with van der Waals surface area (Å²) < 4.78 is 26.6. The first-order chi connectivity index (χ1) is 9.58. The van der Waals surface area contributed by atoms with E-state index in [2.05, 4.69) is 31.9 Å². The molecule has 20 heavy (non-hydrogen) atoms. The Morgan fingerprint density at radius 3 is 2.10 bits per heavy atom. The summed E-state index contributed by atoms with van der Waals surface area (Å²) in [4.78, 5) is 0. The lowest BCUT2D eigenvalue weighted by Crippen LogP contribution is -2.10. The van der Waals surface area contributed by atoms with Crippen molar-refractivity contribution in [2.24, 2.45) is 5.92 Å². The Labute approximate surface area is 134 Å². The average Bonchev–Trinajstić information content (AvgIpc) is 2.44. The van der Waals surface area contributed by atoms with E-state index in [1.807, 2.05) is 18.2 Å². The normalized spacial score (nSPS) is 12.4. The third-order valence-electron chi connectivity index (χ3n) is 3.16. The van der Waals surface area contributed by atoms with Gasteiger partial charge in [0.25, 0.3) is 0 Å². The Morgan fingerprint density at radius 2 is 1.50 bits per heavy atom. The van der Waals surface area contributed by atoms with Crippen molar-refractivity contribution in [2.45, 2.75) is 12.8 Å². The average molecular weight is 404 g/mol. The molecule has 1 atom stereocenters. The van der Waals surface area contributed by atoms with Gasteiger partial charge in [-0.05, 0) is 70.1 Å². The molecule has 0 aromatic heterocycles. The zero-order valence-corrected chi connectivity index (χ0v) is 13.9. The number of hydrogen-bond acceptors (Lipinski definition) is 0. The Bertz CT molecular complexity index is 567. The number of benzene rings is 2. The Kier molecular flexibility index (Phi) is 5.73. The monoisotopic (exact) mass is 402 g/mol. The quantitative estimate of drug-likeness (QED) is 0.576. The molecule has 0 radical (unpaired) electrons. The fourth-order valence-electron chi connectivity index (χ4n) is 2.14. The van der Waals surface area contributed by atoms with E-state index in [0.717, 1.165) is 29.3 Å². The molecular formula is C16H14Br2F2. The van der Waals surface area contributed by atoms with Crippen molar-refractivity contribution in [1.29, 1.82) is 0 Å². The van der Waals surface area contributed by atoms with Crippen molar-refractivity contribution >= 4 is 31.9 Å². The second-order valence-electron chi connectivity index (χ2n) is 4.80. The van der Waals surface area contributed by atoms with Crippen LogP contribution in [0.2, 0.25) is 0 Å². The maximum absolute atomic E-state index is 13.2. The van der Waals surface area contributed by atoms with Crippen LogP contribution in [-0.2, 0) is 12.8 Å². The van der Waals surface area contributed by atoms with E-state index >= 15 is 0 Å². The molecule has 0 spiro atoms. The molecule has 0 saturated carbocycles. The van der Waals surface area contributed by atoms with Gasteiger partial charge in [0.15, 0.2) is 0 Å². The molecule has 2 aromatic carbocycles. The number of hydrogen-bond donors (Lipinski definition) is 0. The van der Waals surface area contributed by atoms with E-state index in [1.54, 1.807) is 6.07 Å². The lowest BCUT2D eigenvalue weighted by atomic mass is 9.94. The van der Waals surface area contributed by atoms with Crippen LogP contribution in [0.4, 0.5) is 8.78 Å². The van der Waals surface area contributed by atoms with Gasteiger partial charge < -0.3 is 0 Å². The van der Waals surface area contributed by atoms with Crippen LogP contribution in [0.15, 0.2) is 46.9 Å². The number of halogens is 4. The summed E-state index contributed by atoms with van der Waals surface area (Å²) in [5.74, 6) is -0.0768. The summed E-state index contributed by atoms with van der Waals surface area (Å²) in [5.41, 5.74) is 2.20. The van der Waals surface area contributed by atoms with Gasteiger partial charge in [0.2, 0.25) is 0 Å². The van der Waals surface area contributed by atoms with Crippen LogP contribution in [0, 0.1) is 17.6 Å². The largest absolute Gasteiger partial charge is 0.207 e. The van der Waals surface area contributed by atoms with Crippen LogP contribution in [-0.4, -0.2) is 5.33 Å². The fourth-order valence-corrected chi connectivity index (χ4v) is 3.02. The van der Waals surface area contributed by atoms with Crippen molar-refractivity contribution in [3.63, 3.8) is 0 Å². The highest BCUT2D eigenvalue weighted by atomic mass is 79.9. The molecule has 106 valence electrons. The molecule has 0 fully saturated rings. The van der Waals surface area contributed by atoms with E-state index < -0.39 is 0 Å². The van der Waals surface area contributed by atoms with Gasteiger partial charge in [0.05, 0.1) is 4.47 Å². The smallest absolute Gasteiger partial charge is 0.137 e. The van der Waals surface area contributed by atoms with Crippen LogP contribution < -0.4 is 0 Å². The maximum Gasteiger partial charge on any atom is 0.137 e. The van der Waals surface area contributed by atoms with E-state index in [4.69, 9.17) is 0 Å². The van der Waals surface area contributed by atoms with Crippen molar-refractivity contribution in [2.75, 3.05) is 5.33 Å². The van der Waals surface area contributed by atoms with Gasteiger partial charge in [0.1, 0.15) is 11.6 Å². The molecule has 0 nitrogen and oxygen atoms in total. The molecule has 2 aromatic rings. The van der Waals surface area contributed by atoms with Crippen molar-refractivity contribution < 1.29 is 8.78 Å². The molecule has 0 bridgehead atoms. The summed E-state index contributed by atoms with van der Waals surface area (Å²) in [6.45, 7) is 0. The second-order valence-corrected chi connectivity index (χ2v) is 6.31. The van der Waals surface area contributed by atoms with Gasteiger partial charge in [-0.2, -0.15) is 0 Å². The van der Waals surface area contributed by atoms with Gasteiger partial charge in [-0.1, -0.05) is 34.1 Å². The molecule has 0 amide bonds. The van der Waals surface area contributed by atoms with Gasteiger partial charge in [-0.25, -0.2) is 8.78 Å². The zero-order chi connectivity index (χ0) is 14.5. The van der Waals surface area contributed by atoms with Gasteiger partial charge >= 0.3 is 0 Å². The molecule has 0 aliphatic heterocycles. The topological polar surface area (TPSA) is 0 Å². The summed E-state index contributed by atoms with van der Waals surface area (Å²) in [6.07, 6.45) is 1.71. The van der Waals surface area contributed by atoms with Crippen LogP contribution in [0.3, 0.4) is 0 Å². The molecule has 0 N–H and O–H groups in total. The zero-order valence-electron chi connectivity index (χ0n) is 10.8. The highest BCUT2D eigenvalue weighted by Crippen LogP contribution is 2.22. The Hall–Kier alpha value is -0.740. The first-order valence-corrected chi connectivity index (χ1v) is 8.24. The molecule has 0 aliphatic rings. The van der Waals surface area contributed by atoms with Crippen LogP contribution in [0.25, 0.3) is 0 Å². The molecule has 0 saturated heterocycles. The standard InChI is InChI=1S/C16H14Br2F2/c17-10-13(7-11-1-4-14(19)5-2-11)8-12-3-6-16(20)15(18)9-12/h1-6,9,13H,7-8,10H2. The van der Waals surface area contributed by atoms with Crippen LogP contribution in [0.1, 0.15) is 11.1 Å². The lowest BCUT2D eigenvalue weighted by Gasteiger charge is -2.14. The van der Waals surface area contributed by atoms with Crippen molar-refractivity contribution in [3.8, 4) is 0 Å². The lowest BCUT2D eigenvalue weighted by molar-refractivity contribution is 0.583. The summed E-state index contributed by atoms with van der Waals surface area (Å²) >= 11 is 6.72. The Morgan fingerprint density at radius 1 is 0.900 bits per heavy atom. The van der Waals surface area contributed by atoms with E-state index in [-0.39, 0.29) is 11.6 Å². The Balaban J connectivity index is 2.04. The number of rotatable bonds is 5. The highest BCUT2D eigenvalue weighted by molar-refractivity contribution is 9.10. The maximum atomic E-state index is 13.2.